The van der Waals surface area contributed by atoms with Crippen molar-refractivity contribution in [2.45, 2.75) is 20.0 Å². The fraction of sp³-hybridized carbons (Fsp3) is 0.200. The number of hydrogen-bond acceptors (Lipinski definition) is 4. The van der Waals surface area contributed by atoms with Crippen molar-refractivity contribution in [2.75, 3.05) is 17.3 Å². The quantitative estimate of drug-likeness (QED) is 0.733. The second kappa shape index (κ2) is 7.75. The minimum Gasteiger partial charge on any atom is -0.366 e. The lowest BCUT2D eigenvalue weighted by Crippen LogP contribution is -2.20. The minimum absolute atomic E-state index is 0.220. The Morgan fingerprint density at radius 1 is 1.00 bits per heavy atom. The van der Waals surface area contributed by atoms with Crippen LogP contribution in [0.5, 0.6) is 0 Å². The van der Waals surface area contributed by atoms with Crippen LogP contribution in [-0.2, 0) is 13.1 Å². The Labute approximate surface area is 147 Å². The van der Waals surface area contributed by atoms with E-state index in [1.54, 1.807) is 12.1 Å². The molecule has 0 aliphatic carbocycles. The van der Waals surface area contributed by atoms with Gasteiger partial charge in [0.05, 0.1) is 0 Å². The van der Waals surface area contributed by atoms with Crippen molar-refractivity contribution in [1.29, 1.82) is 0 Å². The molecule has 0 unspecified atom stereocenters. The van der Waals surface area contributed by atoms with Crippen LogP contribution in [-0.4, -0.2) is 17.0 Å². The van der Waals surface area contributed by atoms with Gasteiger partial charge in [-0.15, -0.1) is 0 Å². The number of hydrogen-bond donors (Lipinski definition) is 1. The largest absolute Gasteiger partial charge is 0.366 e. The average Bonchev–Trinajstić information content (AvgIpc) is 2.61. The third-order valence-corrected chi connectivity index (χ3v) is 3.86. The molecular formula is C20H21FN4. The number of aryl methyl sites for hydroxylation is 1. The summed E-state index contributed by atoms with van der Waals surface area (Å²) in [4.78, 5) is 11.1. The van der Waals surface area contributed by atoms with Crippen LogP contribution in [0, 0.1) is 12.7 Å². The van der Waals surface area contributed by atoms with E-state index in [1.807, 2.05) is 49.2 Å². The van der Waals surface area contributed by atoms with E-state index in [-0.39, 0.29) is 5.82 Å². The van der Waals surface area contributed by atoms with Crippen molar-refractivity contribution in [3.05, 3.63) is 83.3 Å². The first-order chi connectivity index (χ1) is 12.1. The summed E-state index contributed by atoms with van der Waals surface area (Å²) in [6.07, 6.45) is 0. The standard InChI is InChI=1S/C20H21FN4/c1-15-12-19(22-13-17-10-6-7-11-18(17)21)24-20(23-15)25(2)14-16-8-4-3-5-9-16/h3-12H,13-14H2,1-2H3,(H,22,23,24). The van der Waals surface area contributed by atoms with Gasteiger partial charge < -0.3 is 10.2 Å². The second-order valence-electron chi connectivity index (χ2n) is 5.98. The molecule has 0 spiro atoms. The number of anilines is 2. The van der Waals surface area contributed by atoms with Crippen molar-refractivity contribution >= 4 is 11.8 Å². The molecule has 1 aromatic heterocycles. The van der Waals surface area contributed by atoms with Crippen LogP contribution in [0.15, 0.2) is 60.7 Å². The molecule has 1 N–H and O–H groups in total. The molecule has 0 saturated heterocycles. The summed E-state index contributed by atoms with van der Waals surface area (Å²) in [6, 6.07) is 18.8. The Kier molecular flexibility index (Phi) is 5.23. The molecule has 0 atom stereocenters. The van der Waals surface area contributed by atoms with E-state index in [0.29, 0.717) is 23.9 Å². The highest BCUT2D eigenvalue weighted by Crippen LogP contribution is 2.16. The maximum Gasteiger partial charge on any atom is 0.227 e. The Morgan fingerprint density at radius 2 is 1.72 bits per heavy atom. The van der Waals surface area contributed by atoms with Crippen LogP contribution < -0.4 is 10.2 Å². The highest BCUT2D eigenvalue weighted by Gasteiger charge is 2.09. The summed E-state index contributed by atoms with van der Waals surface area (Å²) >= 11 is 0. The molecule has 0 aliphatic heterocycles. The highest BCUT2D eigenvalue weighted by molar-refractivity contribution is 5.44. The molecule has 0 radical (unpaired) electrons. The van der Waals surface area contributed by atoms with Crippen LogP contribution in [0.3, 0.4) is 0 Å². The molecule has 0 fully saturated rings. The predicted octanol–water partition coefficient (Wildman–Crippen LogP) is 4.17. The summed E-state index contributed by atoms with van der Waals surface area (Å²) < 4.78 is 13.7. The van der Waals surface area contributed by atoms with Crippen LogP contribution in [0.4, 0.5) is 16.2 Å². The van der Waals surface area contributed by atoms with Crippen LogP contribution in [0.1, 0.15) is 16.8 Å². The molecule has 5 heteroatoms. The molecule has 0 aliphatic rings. The first-order valence-corrected chi connectivity index (χ1v) is 8.20. The van der Waals surface area contributed by atoms with Gasteiger partial charge in [-0.3, -0.25) is 0 Å². The van der Waals surface area contributed by atoms with E-state index >= 15 is 0 Å². The van der Waals surface area contributed by atoms with Crippen molar-refractivity contribution < 1.29 is 4.39 Å². The number of aromatic nitrogens is 2. The van der Waals surface area contributed by atoms with Gasteiger partial charge in [-0.05, 0) is 18.6 Å². The molecule has 4 nitrogen and oxygen atoms in total. The number of halogens is 1. The molecule has 2 aromatic carbocycles. The fourth-order valence-electron chi connectivity index (χ4n) is 2.57. The molecule has 0 bridgehead atoms. The lowest BCUT2D eigenvalue weighted by Gasteiger charge is -2.18. The third-order valence-electron chi connectivity index (χ3n) is 3.86. The van der Waals surface area contributed by atoms with E-state index in [4.69, 9.17) is 0 Å². The van der Waals surface area contributed by atoms with Gasteiger partial charge in [0.25, 0.3) is 0 Å². The van der Waals surface area contributed by atoms with Gasteiger partial charge in [0.15, 0.2) is 0 Å². The molecular weight excluding hydrogens is 315 g/mol. The van der Waals surface area contributed by atoms with E-state index in [1.165, 1.54) is 11.6 Å². The zero-order chi connectivity index (χ0) is 17.6. The normalized spacial score (nSPS) is 10.5. The highest BCUT2D eigenvalue weighted by atomic mass is 19.1. The topological polar surface area (TPSA) is 41.1 Å². The molecule has 0 amide bonds. The first-order valence-electron chi connectivity index (χ1n) is 8.20. The third kappa shape index (κ3) is 4.53. The van der Waals surface area contributed by atoms with Gasteiger partial charge in [0.2, 0.25) is 5.95 Å². The first kappa shape index (κ1) is 16.9. The second-order valence-corrected chi connectivity index (χ2v) is 5.98. The van der Waals surface area contributed by atoms with Gasteiger partial charge in [0.1, 0.15) is 11.6 Å². The molecule has 0 saturated carbocycles. The van der Waals surface area contributed by atoms with Gasteiger partial charge in [-0.1, -0.05) is 48.5 Å². The zero-order valence-electron chi connectivity index (χ0n) is 14.4. The summed E-state index contributed by atoms with van der Waals surface area (Å²) in [5.41, 5.74) is 2.66. The van der Waals surface area contributed by atoms with Crippen LogP contribution in [0.25, 0.3) is 0 Å². The summed E-state index contributed by atoms with van der Waals surface area (Å²) in [5.74, 6) is 1.10. The Hall–Kier alpha value is -2.95. The number of nitrogens with zero attached hydrogens (tertiary/aromatic N) is 3. The van der Waals surface area contributed by atoms with Gasteiger partial charge in [0, 0.05) is 37.5 Å². The lowest BCUT2D eigenvalue weighted by molar-refractivity contribution is 0.613. The van der Waals surface area contributed by atoms with Crippen molar-refractivity contribution in [1.82, 2.24) is 9.97 Å². The molecule has 1 heterocycles. The average molecular weight is 336 g/mol. The SMILES string of the molecule is Cc1cc(NCc2ccccc2F)nc(N(C)Cc2ccccc2)n1. The number of rotatable bonds is 6. The van der Waals surface area contributed by atoms with E-state index in [2.05, 4.69) is 27.4 Å². The van der Waals surface area contributed by atoms with Crippen molar-refractivity contribution in [3.63, 3.8) is 0 Å². The van der Waals surface area contributed by atoms with Gasteiger partial charge >= 0.3 is 0 Å². The fourth-order valence-corrected chi connectivity index (χ4v) is 2.57. The van der Waals surface area contributed by atoms with Gasteiger partial charge in [-0.25, -0.2) is 9.37 Å². The minimum atomic E-state index is -0.220. The van der Waals surface area contributed by atoms with Gasteiger partial charge in [-0.2, -0.15) is 4.98 Å². The molecule has 25 heavy (non-hydrogen) atoms. The summed E-state index contributed by atoms with van der Waals surface area (Å²) in [6.45, 7) is 3.03. The summed E-state index contributed by atoms with van der Waals surface area (Å²) in [5, 5.41) is 3.18. The summed E-state index contributed by atoms with van der Waals surface area (Å²) in [7, 11) is 1.96. The smallest absolute Gasteiger partial charge is 0.227 e. The molecule has 128 valence electrons. The zero-order valence-corrected chi connectivity index (χ0v) is 14.4. The van der Waals surface area contributed by atoms with Crippen molar-refractivity contribution in [3.8, 4) is 0 Å². The van der Waals surface area contributed by atoms with Crippen molar-refractivity contribution in [2.24, 2.45) is 0 Å². The van der Waals surface area contributed by atoms with E-state index in [0.717, 1.165) is 12.2 Å². The Morgan fingerprint density at radius 3 is 2.48 bits per heavy atom. The monoisotopic (exact) mass is 336 g/mol. The number of benzene rings is 2. The Balaban J connectivity index is 1.72. The van der Waals surface area contributed by atoms with Crippen LogP contribution >= 0.6 is 0 Å². The Bertz CT molecular complexity index is 836. The molecule has 3 aromatic rings. The van der Waals surface area contributed by atoms with Crippen LogP contribution in [0.2, 0.25) is 0 Å². The maximum absolute atomic E-state index is 13.7. The van der Waals surface area contributed by atoms with E-state index < -0.39 is 0 Å². The van der Waals surface area contributed by atoms with E-state index in [9.17, 15) is 4.39 Å². The lowest BCUT2D eigenvalue weighted by atomic mass is 10.2. The number of nitrogens with one attached hydrogen (secondary N) is 1. The predicted molar refractivity (Wildman–Crippen MR) is 99.0 cm³/mol. The maximum atomic E-state index is 13.7. The molecule has 3 rings (SSSR count).